The third kappa shape index (κ3) is 4.35. The predicted octanol–water partition coefficient (Wildman–Crippen LogP) is 5.71. The van der Waals surface area contributed by atoms with E-state index in [0.29, 0.717) is 36.8 Å². The van der Waals surface area contributed by atoms with Gasteiger partial charge in [0.2, 0.25) is 0 Å². The molecule has 7 nitrogen and oxygen atoms in total. The molecule has 0 spiro atoms. The predicted molar refractivity (Wildman–Crippen MR) is 150 cm³/mol. The molecule has 0 aliphatic carbocycles. The lowest BCUT2D eigenvalue weighted by molar-refractivity contribution is 0.0746. The van der Waals surface area contributed by atoms with Crippen molar-refractivity contribution in [1.29, 1.82) is 0 Å². The Morgan fingerprint density at radius 3 is 2.29 bits per heavy atom. The third-order valence-electron chi connectivity index (χ3n) is 6.96. The van der Waals surface area contributed by atoms with Crippen LogP contribution in [0.15, 0.2) is 91.4 Å². The molecule has 0 bridgehead atoms. The van der Waals surface area contributed by atoms with Gasteiger partial charge in [-0.2, -0.15) is 0 Å². The van der Waals surface area contributed by atoms with Gasteiger partial charge < -0.3 is 14.5 Å². The number of amides is 1. The van der Waals surface area contributed by atoms with Crippen molar-refractivity contribution in [3.05, 3.63) is 102 Å². The number of carbonyl (C=O) groups is 1. The summed E-state index contributed by atoms with van der Waals surface area (Å²) in [6.07, 6.45) is 3.69. The molecule has 1 aliphatic rings. The van der Waals surface area contributed by atoms with Crippen LogP contribution in [0.25, 0.3) is 27.8 Å². The van der Waals surface area contributed by atoms with Gasteiger partial charge in [-0.3, -0.25) is 9.36 Å². The number of hydrogen-bond acceptors (Lipinski definition) is 5. The molecule has 2 aromatic heterocycles. The van der Waals surface area contributed by atoms with Crippen molar-refractivity contribution in [1.82, 2.24) is 19.4 Å². The van der Waals surface area contributed by atoms with E-state index in [-0.39, 0.29) is 5.91 Å². The number of aromatic nitrogens is 3. The van der Waals surface area contributed by atoms with Gasteiger partial charge in [-0.1, -0.05) is 54.1 Å². The molecule has 8 heteroatoms. The molecule has 0 atom stereocenters. The van der Waals surface area contributed by atoms with Crippen LogP contribution in [0.5, 0.6) is 5.75 Å². The standard InChI is InChI=1S/C30H26ClN5O2/c1-38-23-13-11-22(12-14-23)30(37)35-17-15-34(16-18-35)28-27-24(21-7-3-2-4-8-21)19-36(29(27)33-20-32-28)26-10-6-5-9-25(26)31/h2-14,19-20H,15-18H2,1H3. The number of ether oxygens (including phenoxy) is 1. The Balaban J connectivity index is 1.35. The second kappa shape index (κ2) is 10.2. The van der Waals surface area contributed by atoms with Crippen molar-refractivity contribution >= 4 is 34.4 Å². The third-order valence-corrected chi connectivity index (χ3v) is 7.28. The molecule has 0 N–H and O–H groups in total. The van der Waals surface area contributed by atoms with Gasteiger partial charge in [0.25, 0.3) is 5.91 Å². The first-order chi connectivity index (χ1) is 18.6. The molecule has 6 rings (SSSR count). The lowest BCUT2D eigenvalue weighted by atomic mass is 10.1. The first-order valence-corrected chi connectivity index (χ1v) is 12.9. The number of fused-ring (bicyclic) bond motifs is 1. The summed E-state index contributed by atoms with van der Waals surface area (Å²) in [5, 5.41) is 1.61. The number of piperazine rings is 1. The van der Waals surface area contributed by atoms with E-state index < -0.39 is 0 Å². The first kappa shape index (κ1) is 24.0. The number of methoxy groups -OCH3 is 1. The Kier molecular flexibility index (Phi) is 6.43. The van der Waals surface area contributed by atoms with Crippen LogP contribution in [0.2, 0.25) is 5.02 Å². The van der Waals surface area contributed by atoms with Crippen molar-refractivity contribution in [2.45, 2.75) is 0 Å². The number of nitrogens with zero attached hydrogens (tertiary/aromatic N) is 5. The van der Waals surface area contributed by atoms with Crippen LogP contribution in [0.1, 0.15) is 10.4 Å². The SMILES string of the molecule is COc1ccc(C(=O)N2CCN(c3ncnc4c3c(-c3ccccc3)cn4-c3ccccc3Cl)CC2)cc1. The largest absolute Gasteiger partial charge is 0.497 e. The van der Waals surface area contributed by atoms with E-state index >= 15 is 0 Å². The molecule has 1 fully saturated rings. The minimum atomic E-state index is 0.0231. The van der Waals surface area contributed by atoms with Crippen molar-refractivity contribution in [3.8, 4) is 22.6 Å². The van der Waals surface area contributed by atoms with E-state index in [1.807, 2.05) is 76.2 Å². The van der Waals surface area contributed by atoms with Crippen LogP contribution >= 0.6 is 11.6 Å². The number of halogens is 1. The Bertz CT molecular complexity index is 1590. The van der Waals surface area contributed by atoms with Crippen LogP contribution in [0.3, 0.4) is 0 Å². The molecular formula is C30H26ClN5O2. The second-order valence-electron chi connectivity index (χ2n) is 9.13. The molecule has 1 saturated heterocycles. The summed E-state index contributed by atoms with van der Waals surface area (Å²) in [4.78, 5) is 26.7. The number of para-hydroxylation sites is 1. The van der Waals surface area contributed by atoms with Crippen LogP contribution in [0, 0.1) is 0 Å². The minimum absolute atomic E-state index is 0.0231. The summed E-state index contributed by atoms with van der Waals surface area (Å²) < 4.78 is 7.25. The second-order valence-corrected chi connectivity index (χ2v) is 9.54. The molecule has 3 aromatic carbocycles. The summed E-state index contributed by atoms with van der Waals surface area (Å²) in [6, 6.07) is 25.3. The summed E-state index contributed by atoms with van der Waals surface area (Å²) in [5.74, 6) is 1.61. The normalized spacial score (nSPS) is 13.6. The van der Waals surface area contributed by atoms with Crippen LogP contribution in [-0.4, -0.2) is 58.6 Å². The highest BCUT2D eigenvalue weighted by molar-refractivity contribution is 6.32. The number of benzene rings is 3. The Labute approximate surface area is 225 Å². The highest BCUT2D eigenvalue weighted by Crippen LogP contribution is 2.38. The molecule has 0 radical (unpaired) electrons. The molecule has 0 saturated carbocycles. The van der Waals surface area contributed by atoms with Gasteiger partial charge in [0, 0.05) is 43.5 Å². The van der Waals surface area contributed by atoms with E-state index in [1.165, 1.54) is 0 Å². The Morgan fingerprint density at radius 2 is 1.58 bits per heavy atom. The van der Waals surface area contributed by atoms with E-state index in [2.05, 4.69) is 28.2 Å². The quantitative estimate of drug-likeness (QED) is 0.295. The minimum Gasteiger partial charge on any atom is -0.497 e. The fourth-order valence-corrected chi connectivity index (χ4v) is 5.22. The maximum absolute atomic E-state index is 13.1. The number of hydrogen-bond donors (Lipinski definition) is 0. The monoisotopic (exact) mass is 523 g/mol. The van der Waals surface area contributed by atoms with Gasteiger partial charge in [-0.25, -0.2) is 9.97 Å². The van der Waals surface area contributed by atoms with Gasteiger partial charge in [0.1, 0.15) is 17.9 Å². The highest BCUT2D eigenvalue weighted by Gasteiger charge is 2.26. The first-order valence-electron chi connectivity index (χ1n) is 12.5. The molecule has 38 heavy (non-hydrogen) atoms. The Morgan fingerprint density at radius 1 is 0.868 bits per heavy atom. The molecule has 0 unspecified atom stereocenters. The molecule has 1 aliphatic heterocycles. The molecular weight excluding hydrogens is 498 g/mol. The molecule has 3 heterocycles. The van der Waals surface area contributed by atoms with E-state index in [1.54, 1.807) is 13.4 Å². The lowest BCUT2D eigenvalue weighted by Crippen LogP contribution is -2.49. The zero-order chi connectivity index (χ0) is 26.1. The zero-order valence-electron chi connectivity index (χ0n) is 20.9. The smallest absolute Gasteiger partial charge is 0.253 e. The maximum Gasteiger partial charge on any atom is 0.253 e. The van der Waals surface area contributed by atoms with E-state index in [4.69, 9.17) is 21.3 Å². The maximum atomic E-state index is 13.1. The number of carbonyl (C=O) groups excluding carboxylic acids is 1. The van der Waals surface area contributed by atoms with Crippen LogP contribution < -0.4 is 9.64 Å². The van der Waals surface area contributed by atoms with E-state index in [9.17, 15) is 4.79 Å². The summed E-state index contributed by atoms with van der Waals surface area (Å²) in [7, 11) is 1.62. The van der Waals surface area contributed by atoms with Crippen molar-refractivity contribution in [3.63, 3.8) is 0 Å². The van der Waals surface area contributed by atoms with Gasteiger partial charge in [-0.15, -0.1) is 0 Å². The fourth-order valence-electron chi connectivity index (χ4n) is 4.99. The molecule has 5 aromatic rings. The summed E-state index contributed by atoms with van der Waals surface area (Å²) in [6.45, 7) is 2.53. The van der Waals surface area contributed by atoms with Gasteiger partial charge >= 0.3 is 0 Å². The average molecular weight is 524 g/mol. The number of rotatable bonds is 5. The van der Waals surface area contributed by atoms with Gasteiger partial charge in [0.15, 0.2) is 5.65 Å². The summed E-state index contributed by atoms with van der Waals surface area (Å²) >= 11 is 6.60. The van der Waals surface area contributed by atoms with Gasteiger partial charge in [0.05, 0.1) is 23.2 Å². The fraction of sp³-hybridized carbons (Fsp3) is 0.167. The highest BCUT2D eigenvalue weighted by atomic mass is 35.5. The molecule has 190 valence electrons. The van der Waals surface area contributed by atoms with Crippen molar-refractivity contribution < 1.29 is 9.53 Å². The number of anilines is 1. The van der Waals surface area contributed by atoms with Crippen molar-refractivity contribution in [2.24, 2.45) is 0 Å². The van der Waals surface area contributed by atoms with Crippen LogP contribution in [0.4, 0.5) is 5.82 Å². The average Bonchev–Trinajstić information content (AvgIpc) is 3.37. The van der Waals surface area contributed by atoms with Crippen LogP contribution in [-0.2, 0) is 0 Å². The zero-order valence-corrected chi connectivity index (χ0v) is 21.7. The van der Waals surface area contributed by atoms with E-state index in [0.717, 1.165) is 39.4 Å². The Hall–Kier alpha value is -4.36. The van der Waals surface area contributed by atoms with Gasteiger partial charge in [-0.05, 0) is 42.0 Å². The summed E-state index contributed by atoms with van der Waals surface area (Å²) in [5.41, 5.74) is 4.42. The lowest BCUT2D eigenvalue weighted by Gasteiger charge is -2.35. The topological polar surface area (TPSA) is 63.5 Å². The van der Waals surface area contributed by atoms with Crippen molar-refractivity contribution in [2.75, 3.05) is 38.2 Å². The molecule has 1 amide bonds.